The first-order valence-electron chi connectivity index (χ1n) is 10.2. The molecule has 4 rings (SSSR count). The molecule has 8 heteroatoms. The molecule has 1 atom stereocenters. The predicted octanol–water partition coefficient (Wildman–Crippen LogP) is 4.49. The SMILES string of the molecule is COc1ccc(-c2nc([C@@H]3CCCN(C(=O)COc4ccc(Cl)cc4C)C3)no2)cc1. The van der Waals surface area contributed by atoms with Crippen molar-refractivity contribution in [1.29, 1.82) is 0 Å². The maximum absolute atomic E-state index is 12.7. The second-order valence-corrected chi connectivity index (χ2v) is 8.00. The van der Waals surface area contributed by atoms with Crippen LogP contribution in [0.1, 0.15) is 30.1 Å². The molecule has 0 unspecified atom stereocenters. The van der Waals surface area contributed by atoms with Crippen molar-refractivity contribution in [3.63, 3.8) is 0 Å². The van der Waals surface area contributed by atoms with Gasteiger partial charge in [0.05, 0.1) is 7.11 Å². The number of halogens is 1. The monoisotopic (exact) mass is 441 g/mol. The average molecular weight is 442 g/mol. The van der Waals surface area contributed by atoms with Crippen molar-refractivity contribution < 1.29 is 18.8 Å². The van der Waals surface area contributed by atoms with Gasteiger partial charge in [-0.2, -0.15) is 4.98 Å². The molecule has 31 heavy (non-hydrogen) atoms. The van der Waals surface area contributed by atoms with E-state index in [1.165, 1.54) is 0 Å². The minimum atomic E-state index is -0.0575. The summed E-state index contributed by atoms with van der Waals surface area (Å²) >= 11 is 5.97. The Labute approximate surface area is 185 Å². The van der Waals surface area contributed by atoms with E-state index in [0.29, 0.717) is 35.6 Å². The number of aromatic nitrogens is 2. The maximum Gasteiger partial charge on any atom is 0.260 e. The number of piperidine rings is 1. The zero-order valence-electron chi connectivity index (χ0n) is 17.5. The van der Waals surface area contributed by atoms with E-state index in [1.54, 1.807) is 19.2 Å². The summed E-state index contributed by atoms with van der Waals surface area (Å²) in [6.45, 7) is 3.13. The number of rotatable bonds is 6. The lowest BCUT2D eigenvalue weighted by atomic mass is 9.97. The van der Waals surface area contributed by atoms with Crippen LogP contribution in [0.3, 0.4) is 0 Å². The van der Waals surface area contributed by atoms with Crippen molar-refractivity contribution >= 4 is 17.5 Å². The molecule has 2 heterocycles. The van der Waals surface area contributed by atoms with E-state index in [0.717, 1.165) is 29.7 Å². The van der Waals surface area contributed by atoms with Gasteiger partial charge in [-0.25, -0.2) is 0 Å². The first-order chi connectivity index (χ1) is 15.0. The summed E-state index contributed by atoms with van der Waals surface area (Å²) < 4.78 is 16.4. The summed E-state index contributed by atoms with van der Waals surface area (Å²) in [6, 6.07) is 12.8. The number of benzene rings is 2. The van der Waals surface area contributed by atoms with Crippen molar-refractivity contribution in [1.82, 2.24) is 15.0 Å². The number of ether oxygens (including phenoxy) is 2. The number of hydrogen-bond acceptors (Lipinski definition) is 6. The Kier molecular flexibility index (Phi) is 6.42. The Bertz CT molecular complexity index is 1050. The molecule has 0 bridgehead atoms. The molecule has 162 valence electrons. The van der Waals surface area contributed by atoms with Gasteiger partial charge in [0.1, 0.15) is 11.5 Å². The highest BCUT2D eigenvalue weighted by Gasteiger charge is 2.28. The molecule has 1 amide bonds. The van der Waals surface area contributed by atoms with Crippen LogP contribution in [-0.4, -0.2) is 47.8 Å². The van der Waals surface area contributed by atoms with E-state index < -0.39 is 0 Å². The molecule has 7 nitrogen and oxygen atoms in total. The highest BCUT2D eigenvalue weighted by atomic mass is 35.5. The lowest BCUT2D eigenvalue weighted by molar-refractivity contribution is -0.134. The minimum absolute atomic E-state index is 0.0153. The minimum Gasteiger partial charge on any atom is -0.497 e. The molecular weight excluding hydrogens is 418 g/mol. The highest BCUT2D eigenvalue weighted by molar-refractivity contribution is 6.30. The van der Waals surface area contributed by atoms with E-state index in [9.17, 15) is 4.79 Å². The molecule has 1 saturated heterocycles. The molecule has 0 aliphatic carbocycles. The van der Waals surface area contributed by atoms with E-state index >= 15 is 0 Å². The number of hydrogen-bond donors (Lipinski definition) is 0. The molecule has 2 aromatic carbocycles. The normalized spacial score (nSPS) is 16.2. The number of amides is 1. The zero-order chi connectivity index (χ0) is 21.8. The summed E-state index contributed by atoms with van der Waals surface area (Å²) in [7, 11) is 1.62. The fourth-order valence-electron chi connectivity index (χ4n) is 3.67. The van der Waals surface area contributed by atoms with Crippen LogP contribution in [0.2, 0.25) is 5.02 Å². The number of likely N-dealkylation sites (tertiary alicyclic amines) is 1. The van der Waals surface area contributed by atoms with Crippen LogP contribution in [0.4, 0.5) is 0 Å². The van der Waals surface area contributed by atoms with Gasteiger partial charge in [0, 0.05) is 29.6 Å². The Balaban J connectivity index is 1.37. The summed E-state index contributed by atoms with van der Waals surface area (Å²) in [5.74, 6) is 2.48. The number of methoxy groups -OCH3 is 1. The molecule has 1 aromatic heterocycles. The third kappa shape index (κ3) is 4.99. The lowest BCUT2D eigenvalue weighted by Crippen LogP contribution is -2.41. The summed E-state index contributed by atoms with van der Waals surface area (Å²) in [4.78, 5) is 19.1. The van der Waals surface area contributed by atoms with Crippen molar-refractivity contribution in [3.8, 4) is 23.0 Å². The lowest BCUT2D eigenvalue weighted by Gasteiger charge is -2.31. The molecule has 0 radical (unpaired) electrons. The van der Waals surface area contributed by atoms with Crippen molar-refractivity contribution in [2.75, 3.05) is 26.8 Å². The van der Waals surface area contributed by atoms with Gasteiger partial charge in [-0.05, 0) is 67.8 Å². The molecule has 0 spiro atoms. The van der Waals surface area contributed by atoms with Crippen molar-refractivity contribution in [2.24, 2.45) is 0 Å². The first kappa shape index (κ1) is 21.2. The van der Waals surface area contributed by atoms with Crippen LogP contribution < -0.4 is 9.47 Å². The highest BCUT2D eigenvalue weighted by Crippen LogP contribution is 2.28. The molecule has 0 saturated carbocycles. The van der Waals surface area contributed by atoms with Gasteiger partial charge in [-0.15, -0.1) is 0 Å². The third-order valence-corrected chi connectivity index (χ3v) is 5.64. The molecule has 1 fully saturated rings. The second-order valence-electron chi connectivity index (χ2n) is 7.56. The van der Waals surface area contributed by atoms with Crippen molar-refractivity contribution in [3.05, 3.63) is 58.9 Å². The van der Waals surface area contributed by atoms with Gasteiger partial charge >= 0.3 is 0 Å². The van der Waals surface area contributed by atoms with E-state index in [4.69, 9.17) is 25.6 Å². The molecule has 1 aliphatic heterocycles. The summed E-state index contributed by atoms with van der Waals surface area (Å²) in [6.07, 6.45) is 1.78. The standard InChI is InChI=1S/C23H24ClN3O4/c1-15-12-18(24)7-10-20(15)30-14-21(28)27-11-3-4-17(13-27)22-25-23(31-26-22)16-5-8-19(29-2)9-6-16/h5-10,12,17H,3-4,11,13-14H2,1-2H3/t17-/m1/s1. The third-order valence-electron chi connectivity index (χ3n) is 5.41. The van der Waals surface area contributed by atoms with Gasteiger partial charge in [-0.3, -0.25) is 4.79 Å². The van der Waals surface area contributed by atoms with Crippen molar-refractivity contribution in [2.45, 2.75) is 25.7 Å². The number of nitrogens with zero attached hydrogens (tertiary/aromatic N) is 3. The van der Waals surface area contributed by atoms with Crippen LogP contribution in [0, 0.1) is 6.92 Å². The fraction of sp³-hybridized carbons (Fsp3) is 0.348. The Hall–Kier alpha value is -3.06. The van der Waals surface area contributed by atoms with Crippen LogP contribution in [0.5, 0.6) is 11.5 Å². The van der Waals surface area contributed by atoms with E-state index in [2.05, 4.69) is 10.1 Å². The van der Waals surface area contributed by atoms with Crippen LogP contribution in [-0.2, 0) is 4.79 Å². The Morgan fingerprint density at radius 3 is 2.81 bits per heavy atom. The predicted molar refractivity (Wildman–Crippen MR) is 117 cm³/mol. The van der Waals surface area contributed by atoms with Crippen LogP contribution in [0.15, 0.2) is 47.0 Å². The summed E-state index contributed by atoms with van der Waals surface area (Å²) in [5.41, 5.74) is 1.73. The molecular formula is C23H24ClN3O4. The molecule has 3 aromatic rings. The molecule has 1 aliphatic rings. The Morgan fingerprint density at radius 2 is 2.06 bits per heavy atom. The quantitative estimate of drug-likeness (QED) is 0.560. The number of carbonyl (C=O) groups is 1. The van der Waals surface area contributed by atoms with Gasteiger partial charge in [0.15, 0.2) is 12.4 Å². The topological polar surface area (TPSA) is 77.7 Å². The van der Waals surface area contributed by atoms with E-state index in [1.807, 2.05) is 42.2 Å². The number of carbonyl (C=O) groups excluding carboxylic acids is 1. The van der Waals surface area contributed by atoms with Crippen LogP contribution >= 0.6 is 11.6 Å². The van der Waals surface area contributed by atoms with E-state index in [-0.39, 0.29) is 18.4 Å². The summed E-state index contributed by atoms with van der Waals surface area (Å²) in [5, 5.41) is 4.81. The second kappa shape index (κ2) is 9.39. The smallest absolute Gasteiger partial charge is 0.260 e. The van der Waals surface area contributed by atoms with Gasteiger partial charge in [-0.1, -0.05) is 16.8 Å². The number of aryl methyl sites for hydroxylation is 1. The van der Waals surface area contributed by atoms with Crippen LogP contribution in [0.25, 0.3) is 11.5 Å². The fourth-order valence-corrected chi connectivity index (χ4v) is 3.90. The van der Waals surface area contributed by atoms with Gasteiger partial charge < -0.3 is 18.9 Å². The molecule has 0 N–H and O–H groups in total. The maximum atomic E-state index is 12.7. The van der Waals surface area contributed by atoms with Gasteiger partial charge in [0.2, 0.25) is 0 Å². The Morgan fingerprint density at radius 1 is 1.26 bits per heavy atom. The largest absolute Gasteiger partial charge is 0.497 e. The average Bonchev–Trinajstić information content (AvgIpc) is 3.29. The first-order valence-corrected chi connectivity index (χ1v) is 10.6. The van der Waals surface area contributed by atoms with Gasteiger partial charge in [0.25, 0.3) is 11.8 Å². The zero-order valence-corrected chi connectivity index (χ0v) is 18.3.